The maximum atomic E-state index is 5.88. The fraction of sp³-hybridized carbons (Fsp3) is 0.167. The number of fused-ring (bicyclic) bond motifs is 4. The van der Waals surface area contributed by atoms with Gasteiger partial charge < -0.3 is 28.9 Å². The van der Waals surface area contributed by atoms with E-state index < -0.39 is 0 Å². The van der Waals surface area contributed by atoms with Gasteiger partial charge in [0.1, 0.15) is 22.5 Å². The van der Waals surface area contributed by atoms with Gasteiger partial charge in [-0.1, -0.05) is 98.7 Å². The summed E-state index contributed by atoms with van der Waals surface area (Å²) < 4.78 is 23.5. The Morgan fingerprint density at radius 1 is 0.556 bits per heavy atom. The third-order valence-corrected chi connectivity index (χ3v) is 7.21. The van der Waals surface area contributed by atoms with Crippen molar-refractivity contribution in [2.75, 3.05) is 0 Å². The van der Waals surface area contributed by atoms with Crippen LogP contribution in [0, 0.1) is 0 Å². The van der Waals surface area contributed by atoms with E-state index in [0.29, 0.717) is 23.5 Å². The molecule has 229 valence electrons. The topological polar surface area (TPSA) is 98.7 Å². The van der Waals surface area contributed by atoms with Gasteiger partial charge in [0.15, 0.2) is 11.2 Å². The molecule has 0 fully saturated rings. The quantitative estimate of drug-likeness (QED) is 0.167. The molecule has 8 nitrogen and oxygen atoms in total. The third-order valence-electron chi connectivity index (χ3n) is 7.21. The van der Waals surface area contributed by atoms with Gasteiger partial charge in [0.2, 0.25) is 11.8 Å². The molecule has 4 heterocycles. The van der Waals surface area contributed by atoms with E-state index in [0.717, 1.165) is 81.9 Å². The summed E-state index contributed by atoms with van der Waals surface area (Å²) in [5.74, 6) is 3.93. The number of benzene rings is 4. The molecule has 45 heavy (non-hydrogen) atoms. The summed E-state index contributed by atoms with van der Waals surface area (Å²) in [6.45, 7) is 4.23. The number of hydrogen-bond acceptors (Lipinski definition) is 6. The summed E-state index contributed by atoms with van der Waals surface area (Å²) >= 11 is 0. The number of aromatic nitrogens is 2. The summed E-state index contributed by atoms with van der Waals surface area (Å²) in [6, 6.07) is 31.0. The second kappa shape index (κ2) is 13.3. The van der Waals surface area contributed by atoms with Crippen molar-refractivity contribution in [3.8, 4) is 11.5 Å². The van der Waals surface area contributed by atoms with Crippen LogP contribution in [-0.4, -0.2) is 9.97 Å². The van der Waals surface area contributed by atoms with Crippen molar-refractivity contribution < 1.29 is 35.4 Å². The van der Waals surface area contributed by atoms with Gasteiger partial charge in [-0.15, -0.1) is 0 Å². The molecule has 0 spiro atoms. The number of rotatable bonds is 6. The smallest absolute Gasteiger partial charge is 0.624 e. The van der Waals surface area contributed by atoms with E-state index in [-0.39, 0.29) is 17.1 Å². The summed E-state index contributed by atoms with van der Waals surface area (Å²) in [4.78, 5) is 9.15. The first-order valence-corrected chi connectivity index (χ1v) is 14.9. The molecule has 0 N–H and O–H groups in total. The number of para-hydroxylation sites is 8. The van der Waals surface area contributed by atoms with E-state index >= 15 is 0 Å². The second-order valence-electron chi connectivity index (χ2n) is 10.4. The van der Waals surface area contributed by atoms with Crippen LogP contribution in [0.1, 0.15) is 51.3 Å². The molecule has 4 aromatic carbocycles. The fourth-order valence-corrected chi connectivity index (χ4v) is 5.12. The van der Waals surface area contributed by atoms with Gasteiger partial charge in [-0.05, 0) is 49.2 Å². The Bertz CT molecular complexity index is 1760. The van der Waals surface area contributed by atoms with Crippen LogP contribution in [0.3, 0.4) is 0 Å². The van der Waals surface area contributed by atoms with Crippen LogP contribution < -0.4 is 9.47 Å². The number of oxazole rings is 2. The van der Waals surface area contributed by atoms with E-state index in [4.69, 9.17) is 18.3 Å². The van der Waals surface area contributed by atoms with Gasteiger partial charge in [-0.2, -0.15) is 0 Å². The van der Waals surface area contributed by atoms with Crippen LogP contribution in [0.5, 0.6) is 11.5 Å². The zero-order chi connectivity index (χ0) is 29.9. The molecule has 2 aliphatic heterocycles. The number of hydrogen-bond donors (Lipinski definition) is 0. The normalized spacial score (nSPS) is 15.0. The van der Waals surface area contributed by atoms with Crippen LogP contribution in [-0.2, 0) is 17.1 Å². The van der Waals surface area contributed by atoms with Gasteiger partial charge in [0.25, 0.3) is 0 Å². The van der Waals surface area contributed by atoms with Crippen molar-refractivity contribution in [3.63, 3.8) is 0 Å². The first kappa shape index (κ1) is 30.1. The van der Waals surface area contributed by atoms with E-state index in [9.17, 15) is 0 Å². The molecule has 6 aromatic rings. The number of ether oxygens (including phenoxy) is 2. The molecule has 2 aliphatic rings. The Kier molecular flexibility index (Phi) is 8.91. The Labute approximate surface area is 271 Å². The van der Waals surface area contributed by atoms with Crippen LogP contribution in [0.2, 0.25) is 0 Å². The van der Waals surface area contributed by atoms with Gasteiger partial charge in [-0.3, -0.25) is 0 Å². The maximum absolute atomic E-state index is 5.88. The van der Waals surface area contributed by atoms with Crippen molar-refractivity contribution in [3.05, 3.63) is 131 Å². The first-order valence-electron chi connectivity index (χ1n) is 14.9. The Balaban J connectivity index is 0.000000155. The molecule has 8 rings (SSSR count). The molecule has 0 aliphatic carbocycles. The Morgan fingerprint density at radius 2 is 0.956 bits per heavy atom. The van der Waals surface area contributed by atoms with Crippen LogP contribution in [0.25, 0.3) is 44.0 Å². The van der Waals surface area contributed by atoms with E-state index in [2.05, 4.69) is 34.4 Å². The second-order valence-corrected chi connectivity index (χ2v) is 10.4. The van der Waals surface area contributed by atoms with Crippen molar-refractivity contribution >= 4 is 44.7 Å². The van der Waals surface area contributed by atoms with Crippen LogP contribution in [0.15, 0.2) is 118 Å². The summed E-state index contributed by atoms with van der Waals surface area (Å²) in [6.07, 6.45) is 3.54. The van der Waals surface area contributed by atoms with Crippen LogP contribution in [0.4, 0.5) is 11.4 Å². The van der Waals surface area contributed by atoms with Gasteiger partial charge in [0, 0.05) is 22.9 Å². The fourth-order valence-electron chi connectivity index (χ4n) is 5.12. The maximum Gasteiger partial charge on any atom is 2.00 e. The van der Waals surface area contributed by atoms with Crippen molar-refractivity contribution in [1.29, 1.82) is 0 Å². The zero-order valence-electron chi connectivity index (χ0n) is 24.8. The minimum Gasteiger partial charge on any atom is -0.624 e. The zero-order valence-corrected chi connectivity index (χ0v) is 25.7. The minimum atomic E-state index is 0. The molecule has 0 saturated carbocycles. The molecule has 0 amide bonds. The Hall–Kier alpha value is -4.98. The minimum absolute atomic E-state index is 0. The molecule has 0 bridgehead atoms. The predicted octanol–water partition coefficient (Wildman–Crippen LogP) is 10.8. The van der Waals surface area contributed by atoms with Gasteiger partial charge in [-0.25, -0.2) is 9.97 Å². The number of nitrogens with zero attached hydrogens (tertiary/aromatic N) is 4. The van der Waals surface area contributed by atoms with Crippen molar-refractivity contribution in [2.45, 2.75) is 39.5 Å². The van der Waals surface area contributed by atoms with Gasteiger partial charge in [0.05, 0.1) is 0 Å². The number of allylic oxidation sites excluding steroid dienone is 2. The summed E-state index contributed by atoms with van der Waals surface area (Å²) in [5, 5.41) is 9.15. The van der Waals surface area contributed by atoms with Crippen molar-refractivity contribution in [1.82, 2.24) is 9.97 Å². The average molecular weight is 646 g/mol. The van der Waals surface area contributed by atoms with Crippen molar-refractivity contribution in [2.24, 2.45) is 0 Å². The molecule has 9 heteroatoms. The molecule has 0 atom stereocenters. The summed E-state index contributed by atoms with van der Waals surface area (Å²) in [7, 11) is 0. The average Bonchev–Trinajstić information content (AvgIpc) is 3.86. The monoisotopic (exact) mass is 645 g/mol. The predicted molar refractivity (Wildman–Crippen MR) is 172 cm³/mol. The van der Waals surface area contributed by atoms with E-state index in [1.54, 1.807) is 0 Å². The SMILES string of the molecule is CCC/C(=C1/[N-]c2ccccc2O1)c1nc2ccccc2o1.CCC/C(=C1/[N-]c2ccccc2O1)c1nc2ccccc2o1.[Cu+2]. The largest absolute Gasteiger partial charge is 2.00 e. The molecule has 2 aromatic heterocycles. The molecular formula is C36H30CuN4O4. The Morgan fingerprint density at radius 3 is 1.36 bits per heavy atom. The molecule has 1 radical (unpaired) electrons. The molecular weight excluding hydrogens is 616 g/mol. The summed E-state index contributed by atoms with van der Waals surface area (Å²) in [5.41, 5.74) is 6.78. The standard InChI is InChI=1S/2C18H15N2O2.Cu/c2*1-2-7-12(17-19-13-8-3-5-10-15(13)21-17)18-20-14-9-4-6-11-16(14)22-18;/h2*3-6,8-11H,2,7H2,1H3;/q2*-1;+2/b2*17-12+;. The van der Waals surface area contributed by atoms with E-state index in [1.165, 1.54) is 0 Å². The third kappa shape index (κ3) is 6.18. The molecule has 0 unspecified atom stereocenters. The first-order chi connectivity index (χ1) is 21.7. The van der Waals surface area contributed by atoms with Gasteiger partial charge >= 0.3 is 17.1 Å². The molecule has 0 saturated heterocycles. The van der Waals surface area contributed by atoms with Crippen LogP contribution >= 0.6 is 0 Å². The van der Waals surface area contributed by atoms with E-state index in [1.807, 2.05) is 97.1 Å².